The van der Waals surface area contributed by atoms with E-state index >= 15 is 0 Å². The van der Waals surface area contributed by atoms with Crippen molar-refractivity contribution >= 4 is 17.6 Å². The van der Waals surface area contributed by atoms with Crippen LogP contribution in [0.1, 0.15) is 5.56 Å². The van der Waals surface area contributed by atoms with Crippen LogP contribution in [0, 0.1) is 12.9 Å². The molecule has 0 radical (unpaired) electrons. The van der Waals surface area contributed by atoms with Crippen molar-refractivity contribution in [3.8, 4) is 0 Å². The third-order valence-electron chi connectivity index (χ3n) is 1.29. The second-order valence-electron chi connectivity index (χ2n) is 2.13. The first-order valence-corrected chi connectivity index (χ1v) is 4.37. The molecule has 0 amide bonds. The number of aryl methyl sites for hydroxylation is 1. The molecule has 0 aliphatic rings. The van der Waals surface area contributed by atoms with Crippen LogP contribution in [0.25, 0.3) is 0 Å². The number of nitrogens with zero attached hydrogens (tertiary/aromatic N) is 1. The summed E-state index contributed by atoms with van der Waals surface area (Å²) in [7, 11) is 0. The molecule has 0 atom stereocenters. The van der Waals surface area contributed by atoms with Gasteiger partial charge in [-0.2, -0.15) is 4.39 Å². The van der Waals surface area contributed by atoms with Gasteiger partial charge in [-0.3, -0.25) is 0 Å². The van der Waals surface area contributed by atoms with E-state index in [1.807, 2.05) is 13.2 Å². The van der Waals surface area contributed by atoms with E-state index in [0.29, 0.717) is 0 Å². The highest BCUT2D eigenvalue weighted by molar-refractivity contribution is 7.99. The van der Waals surface area contributed by atoms with E-state index in [4.69, 9.17) is 0 Å². The quantitative estimate of drug-likeness (QED) is 0.547. The minimum absolute atomic E-state index is 0.436. The summed E-state index contributed by atoms with van der Waals surface area (Å²) in [5.41, 5.74) is 1.73. The first-order valence-electron chi connectivity index (χ1n) is 3.15. The summed E-state index contributed by atoms with van der Waals surface area (Å²) in [6, 6.07) is 1.40. The Morgan fingerprint density at radius 3 is 2.91 bits per heavy atom. The molecule has 0 spiro atoms. The van der Waals surface area contributed by atoms with Gasteiger partial charge in [-0.25, -0.2) is 4.98 Å². The molecule has 1 rings (SSSR count). The van der Waals surface area contributed by atoms with E-state index in [-0.39, 0.29) is 0 Å². The molecule has 11 heavy (non-hydrogen) atoms. The van der Waals surface area contributed by atoms with Crippen molar-refractivity contribution in [3.63, 3.8) is 0 Å². The summed E-state index contributed by atoms with van der Waals surface area (Å²) in [5.74, 6) is -0.436. The smallest absolute Gasteiger partial charge is 0.213 e. The normalized spacial score (nSPS) is 9.73. The maximum absolute atomic E-state index is 12.4. The summed E-state index contributed by atoms with van der Waals surface area (Å²) >= 11 is 1.46. The molecule has 0 aliphatic carbocycles. The van der Waals surface area contributed by atoms with Crippen molar-refractivity contribution < 1.29 is 4.39 Å². The van der Waals surface area contributed by atoms with E-state index < -0.39 is 5.95 Å². The van der Waals surface area contributed by atoms with E-state index in [0.717, 1.165) is 11.3 Å². The maximum atomic E-state index is 12.4. The Hall–Kier alpha value is -0.770. The van der Waals surface area contributed by atoms with Gasteiger partial charge in [0, 0.05) is 6.26 Å². The number of aromatic nitrogens is 1. The average Bonchev–Trinajstić information content (AvgIpc) is 1.95. The topological polar surface area (TPSA) is 24.9 Å². The molecule has 4 heteroatoms. The first-order chi connectivity index (χ1) is 5.24. The third-order valence-corrected chi connectivity index (χ3v) is 1.71. The molecule has 0 saturated carbocycles. The molecule has 1 heterocycles. The summed E-state index contributed by atoms with van der Waals surface area (Å²) in [6.07, 6.45) is 3.39. The van der Waals surface area contributed by atoms with Crippen molar-refractivity contribution in [2.75, 3.05) is 11.0 Å². The van der Waals surface area contributed by atoms with Crippen LogP contribution >= 0.6 is 11.9 Å². The van der Waals surface area contributed by atoms with Gasteiger partial charge in [0.25, 0.3) is 0 Å². The van der Waals surface area contributed by atoms with Crippen LogP contribution < -0.4 is 4.72 Å². The second kappa shape index (κ2) is 3.57. The van der Waals surface area contributed by atoms with E-state index in [1.165, 1.54) is 24.2 Å². The van der Waals surface area contributed by atoms with Gasteiger partial charge >= 0.3 is 0 Å². The Morgan fingerprint density at radius 2 is 2.36 bits per heavy atom. The highest BCUT2D eigenvalue weighted by Crippen LogP contribution is 2.15. The number of hydrogen-bond donors (Lipinski definition) is 1. The van der Waals surface area contributed by atoms with Gasteiger partial charge < -0.3 is 4.72 Å². The van der Waals surface area contributed by atoms with Crippen molar-refractivity contribution in [1.29, 1.82) is 0 Å². The Bertz CT molecular complexity index is 252. The Labute approximate surface area is 69.4 Å². The van der Waals surface area contributed by atoms with Crippen molar-refractivity contribution in [2.45, 2.75) is 6.92 Å². The molecular formula is C7H9FN2S. The van der Waals surface area contributed by atoms with Crippen LogP contribution in [-0.4, -0.2) is 11.2 Å². The zero-order chi connectivity index (χ0) is 8.27. The average molecular weight is 172 g/mol. The SMILES string of the molecule is CSNc1cnc(F)cc1C. The van der Waals surface area contributed by atoms with Gasteiger partial charge in [0.1, 0.15) is 0 Å². The number of halogens is 1. The molecule has 0 fully saturated rings. The Kier molecular flexibility index (Phi) is 2.70. The minimum atomic E-state index is -0.436. The lowest BCUT2D eigenvalue weighted by Gasteiger charge is -2.04. The van der Waals surface area contributed by atoms with Crippen molar-refractivity contribution in [2.24, 2.45) is 0 Å². The minimum Gasteiger partial charge on any atom is -0.328 e. The predicted octanol–water partition coefficient (Wildman–Crippen LogP) is 2.22. The zero-order valence-corrected chi connectivity index (χ0v) is 7.20. The lowest BCUT2D eigenvalue weighted by molar-refractivity contribution is 0.583. The summed E-state index contributed by atoms with van der Waals surface area (Å²) in [6.45, 7) is 1.84. The molecule has 1 aromatic heterocycles. The molecule has 0 unspecified atom stereocenters. The molecule has 0 bridgehead atoms. The zero-order valence-electron chi connectivity index (χ0n) is 6.39. The molecule has 1 aromatic rings. The number of nitrogens with one attached hydrogen (secondary N) is 1. The van der Waals surface area contributed by atoms with E-state index in [9.17, 15) is 4.39 Å². The molecular weight excluding hydrogens is 163 g/mol. The Balaban J connectivity index is 2.90. The van der Waals surface area contributed by atoms with Crippen LogP contribution in [0.4, 0.5) is 10.1 Å². The molecule has 60 valence electrons. The van der Waals surface area contributed by atoms with Gasteiger partial charge in [-0.05, 0) is 18.6 Å². The van der Waals surface area contributed by atoms with Crippen molar-refractivity contribution in [1.82, 2.24) is 4.98 Å². The first kappa shape index (κ1) is 8.33. The molecule has 0 saturated heterocycles. The largest absolute Gasteiger partial charge is 0.328 e. The van der Waals surface area contributed by atoms with E-state index in [1.54, 1.807) is 0 Å². The monoisotopic (exact) mass is 172 g/mol. The fourth-order valence-electron chi connectivity index (χ4n) is 0.739. The lowest BCUT2D eigenvalue weighted by atomic mass is 10.3. The second-order valence-corrected chi connectivity index (χ2v) is 2.74. The van der Waals surface area contributed by atoms with Crippen LogP contribution in [-0.2, 0) is 0 Å². The van der Waals surface area contributed by atoms with Crippen LogP contribution in [0.2, 0.25) is 0 Å². The highest BCUT2D eigenvalue weighted by Gasteiger charge is 1.98. The van der Waals surface area contributed by atoms with Gasteiger partial charge in [0.15, 0.2) is 0 Å². The van der Waals surface area contributed by atoms with E-state index in [2.05, 4.69) is 9.71 Å². The molecule has 1 N–H and O–H groups in total. The number of pyridine rings is 1. The van der Waals surface area contributed by atoms with Gasteiger partial charge in [0.2, 0.25) is 5.95 Å². The predicted molar refractivity (Wildman–Crippen MR) is 46.1 cm³/mol. The summed E-state index contributed by atoms with van der Waals surface area (Å²) < 4.78 is 15.4. The molecule has 0 aromatic carbocycles. The number of hydrogen-bond acceptors (Lipinski definition) is 3. The van der Waals surface area contributed by atoms with Crippen LogP contribution in [0.3, 0.4) is 0 Å². The summed E-state index contributed by atoms with van der Waals surface area (Å²) in [5, 5.41) is 0. The van der Waals surface area contributed by atoms with Gasteiger partial charge in [-0.15, -0.1) is 0 Å². The Morgan fingerprint density at radius 1 is 1.64 bits per heavy atom. The molecule has 2 nitrogen and oxygen atoms in total. The fraction of sp³-hybridized carbons (Fsp3) is 0.286. The summed E-state index contributed by atoms with van der Waals surface area (Å²) in [4.78, 5) is 3.52. The van der Waals surface area contributed by atoms with Crippen LogP contribution in [0.5, 0.6) is 0 Å². The van der Waals surface area contributed by atoms with Crippen LogP contribution in [0.15, 0.2) is 12.3 Å². The lowest BCUT2D eigenvalue weighted by Crippen LogP contribution is -1.92. The van der Waals surface area contributed by atoms with Crippen molar-refractivity contribution in [3.05, 3.63) is 23.8 Å². The molecule has 0 aliphatic heterocycles. The highest BCUT2D eigenvalue weighted by atomic mass is 32.2. The maximum Gasteiger partial charge on any atom is 0.213 e. The van der Waals surface area contributed by atoms with Gasteiger partial charge in [0.05, 0.1) is 11.9 Å². The fourth-order valence-corrected chi connectivity index (χ4v) is 1.17. The van der Waals surface area contributed by atoms with Gasteiger partial charge in [-0.1, -0.05) is 11.9 Å². The standard InChI is InChI=1S/C7H9FN2S/c1-5-3-7(8)9-4-6(5)10-11-2/h3-4,10H,1-2H3. The third kappa shape index (κ3) is 2.08. The number of rotatable bonds is 2. The number of anilines is 1.